The largest absolute Gasteiger partial charge is 0.358 e. The van der Waals surface area contributed by atoms with Gasteiger partial charge < -0.3 is 9.80 Å². The van der Waals surface area contributed by atoms with E-state index >= 15 is 0 Å². The second kappa shape index (κ2) is 6.96. The van der Waals surface area contributed by atoms with Crippen LogP contribution in [0, 0.1) is 0 Å². The molecule has 0 unspecified atom stereocenters. The Morgan fingerprint density at radius 1 is 0.900 bits per heavy atom. The van der Waals surface area contributed by atoms with Crippen molar-refractivity contribution in [3.63, 3.8) is 0 Å². The summed E-state index contributed by atoms with van der Waals surface area (Å²) >= 11 is 0. The van der Waals surface area contributed by atoms with Gasteiger partial charge in [0.05, 0.1) is 18.1 Å². The van der Waals surface area contributed by atoms with Crippen LogP contribution in [0.3, 0.4) is 0 Å². The molecular weight excluding hydrogens is 250 g/mol. The van der Waals surface area contributed by atoms with Crippen molar-refractivity contribution in [1.82, 2.24) is 19.9 Å². The van der Waals surface area contributed by atoms with E-state index in [1.54, 1.807) is 18.6 Å². The van der Waals surface area contributed by atoms with E-state index in [0.29, 0.717) is 0 Å². The maximum absolute atomic E-state index is 4.46. The molecule has 0 saturated heterocycles. The molecule has 0 aliphatic rings. The molecule has 0 fully saturated rings. The lowest BCUT2D eigenvalue weighted by atomic mass is 10.3. The van der Waals surface area contributed by atoms with Crippen molar-refractivity contribution in [2.24, 2.45) is 0 Å². The van der Waals surface area contributed by atoms with Crippen LogP contribution in [0.1, 0.15) is 6.42 Å². The Kier molecular flexibility index (Phi) is 5.01. The van der Waals surface area contributed by atoms with Crippen molar-refractivity contribution in [2.45, 2.75) is 6.42 Å². The van der Waals surface area contributed by atoms with E-state index in [1.165, 1.54) is 0 Å². The molecule has 0 radical (unpaired) electrons. The number of hydrogen-bond acceptors (Lipinski definition) is 5. The van der Waals surface area contributed by atoms with Gasteiger partial charge in [-0.3, -0.25) is 4.98 Å². The van der Waals surface area contributed by atoms with Crippen LogP contribution in [-0.2, 0) is 0 Å². The van der Waals surface area contributed by atoms with Crippen LogP contribution in [0.25, 0.3) is 11.4 Å². The SMILES string of the molecule is CN(C)CCCN(C)c1cnc(-c2ccccn2)cn1. The van der Waals surface area contributed by atoms with E-state index < -0.39 is 0 Å². The molecule has 5 nitrogen and oxygen atoms in total. The van der Waals surface area contributed by atoms with Gasteiger partial charge in [0.15, 0.2) is 0 Å². The number of nitrogens with zero attached hydrogens (tertiary/aromatic N) is 5. The minimum absolute atomic E-state index is 0.802. The summed E-state index contributed by atoms with van der Waals surface area (Å²) in [5.41, 5.74) is 1.65. The van der Waals surface area contributed by atoms with Crippen molar-refractivity contribution < 1.29 is 0 Å². The molecule has 0 aromatic carbocycles. The van der Waals surface area contributed by atoms with Gasteiger partial charge in [-0.05, 0) is 39.2 Å². The summed E-state index contributed by atoms with van der Waals surface area (Å²) in [5, 5.41) is 0. The molecule has 0 bridgehead atoms. The van der Waals surface area contributed by atoms with E-state index in [1.807, 2.05) is 25.2 Å². The third kappa shape index (κ3) is 3.99. The molecule has 0 aliphatic carbocycles. The van der Waals surface area contributed by atoms with Gasteiger partial charge in [-0.15, -0.1) is 0 Å². The van der Waals surface area contributed by atoms with Gasteiger partial charge in [0, 0.05) is 19.8 Å². The summed E-state index contributed by atoms with van der Waals surface area (Å²) in [7, 11) is 6.21. The van der Waals surface area contributed by atoms with Crippen LogP contribution in [0.4, 0.5) is 5.82 Å². The summed E-state index contributed by atoms with van der Waals surface area (Å²) in [6.07, 6.45) is 6.45. The third-order valence-electron chi connectivity index (χ3n) is 3.06. The summed E-state index contributed by atoms with van der Waals surface area (Å²) in [6.45, 7) is 2.04. The number of pyridine rings is 1. The van der Waals surface area contributed by atoms with Crippen molar-refractivity contribution in [3.8, 4) is 11.4 Å². The van der Waals surface area contributed by atoms with E-state index in [0.717, 1.165) is 36.7 Å². The Labute approximate surface area is 120 Å². The molecule has 0 saturated carbocycles. The summed E-state index contributed by atoms with van der Waals surface area (Å²) in [6, 6.07) is 5.78. The smallest absolute Gasteiger partial charge is 0.146 e. The van der Waals surface area contributed by atoms with Gasteiger partial charge in [-0.25, -0.2) is 9.97 Å². The average Bonchev–Trinajstić information content (AvgIpc) is 2.48. The normalized spacial score (nSPS) is 10.8. The lowest BCUT2D eigenvalue weighted by Crippen LogP contribution is -2.24. The first-order valence-electron chi connectivity index (χ1n) is 6.76. The molecule has 0 spiro atoms. The first kappa shape index (κ1) is 14.4. The Bertz CT molecular complexity index is 510. The lowest BCUT2D eigenvalue weighted by molar-refractivity contribution is 0.401. The molecule has 0 amide bonds. The molecule has 0 atom stereocenters. The van der Waals surface area contributed by atoms with Gasteiger partial charge in [-0.2, -0.15) is 0 Å². The maximum Gasteiger partial charge on any atom is 0.146 e. The highest BCUT2D eigenvalue weighted by atomic mass is 15.2. The zero-order chi connectivity index (χ0) is 14.4. The maximum atomic E-state index is 4.46. The number of aromatic nitrogens is 3. The van der Waals surface area contributed by atoms with Crippen LogP contribution in [-0.4, -0.2) is 54.1 Å². The molecule has 20 heavy (non-hydrogen) atoms. The Hall–Kier alpha value is -2.01. The van der Waals surface area contributed by atoms with Gasteiger partial charge >= 0.3 is 0 Å². The number of anilines is 1. The van der Waals surface area contributed by atoms with Crippen molar-refractivity contribution in [3.05, 3.63) is 36.8 Å². The van der Waals surface area contributed by atoms with Crippen molar-refractivity contribution >= 4 is 5.82 Å². The van der Waals surface area contributed by atoms with Gasteiger partial charge in [0.1, 0.15) is 11.5 Å². The first-order valence-corrected chi connectivity index (χ1v) is 6.76. The highest BCUT2D eigenvalue weighted by Crippen LogP contribution is 2.14. The second-order valence-corrected chi connectivity index (χ2v) is 5.05. The van der Waals surface area contributed by atoms with Crippen molar-refractivity contribution in [2.75, 3.05) is 39.1 Å². The highest BCUT2D eigenvalue weighted by Gasteiger charge is 2.05. The van der Waals surface area contributed by atoms with Crippen LogP contribution in [0.2, 0.25) is 0 Å². The van der Waals surface area contributed by atoms with Gasteiger partial charge in [-0.1, -0.05) is 6.07 Å². The Morgan fingerprint density at radius 2 is 1.75 bits per heavy atom. The predicted octanol–water partition coefficient (Wildman–Crippen LogP) is 1.93. The molecular formula is C15H21N5. The summed E-state index contributed by atoms with van der Waals surface area (Å²) in [4.78, 5) is 17.5. The molecule has 2 aromatic heterocycles. The van der Waals surface area contributed by atoms with Crippen LogP contribution < -0.4 is 4.90 Å². The van der Waals surface area contributed by atoms with E-state index in [4.69, 9.17) is 0 Å². The van der Waals surface area contributed by atoms with Crippen LogP contribution >= 0.6 is 0 Å². The lowest BCUT2D eigenvalue weighted by Gasteiger charge is -2.19. The van der Waals surface area contributed by atoms with Crippen LogP contribution in [0.5, 0.6) is 0 Å². The minimum Gasteiger partial charge on any atom is -0.358 e. The Balaban J connectivity index is 1.97. The van der Waals surface area contributed by atoms with E-state index in [-0.39, 0.29) is 0 Å². The molecule has 0 N–H and O–H groups in total. The fourth-order valence-corrected chi connectivity index (χ4v) is 1.90. The predicted molar refractivity (Wildman–Crippen MR) is 81.7 cm³/mol. The van der Waals surface area contributed by atoms with E-state index in [2.05, 4.69) is 38.8 Å². The topological polar surface area (TPSA) is 45.2 Å². The zero-order valence-corrected chi connectivity index (χ0v) is 12.3. The molecule has 2 heterocycles. The summed E-state index contributed by atoms with van der Waals surface area (Å²) < 4.78 is 0. The fraction of sp³-hybridized carbons (Fsp3) is 0.400. The second-order valence-electron chi connectivity index (χ2n) is 5.05. The Morgan fingerprint density at radius 3 is 2.35 bits per heavy atom. The van der Waals surface area contributed by atoms with Gasteiger partial charge in [0.2, 0.25) is 0 Å². The van der Waals surface area contributed by atoms with Crippen LogP contribution in [0.15, 0.2) is 36.8 Å². The highest BCUT2D eigenvalue weighted by molar-refractivity contribution is 5.53. The minimum atomic E-state index is 0.802. The third-order valence-corrected chi connectivity index (χ3v) is 3.06. The zero-order valence-electron chi connectivity index (χ0n) is 12.3. The monoisotopic (exact) mass is 271 g/mol. The molecule has 2 rings (SSSR count). The molecule has 2 aromatic rings. The summed E-state index contributed by atoms with van der Waals surface area (Å²) in [5.74, 6) is 0.892. The standard InChI is InChI=1S/C15H21N5/c1-19(2)9-6-10-20(3)15-12-17-14(11-18-15)13-7-4-5-8-16-13/h4-5,7-8,11-12H,6,9-10H2,1-3H3. The quantitative estimate of drug-likeness (QED) is 0.803. The number of rotatable bonds is 6. The molecule has 0 aliphatic heterocycles. The molecule has 106 valence electrons. The average molecular weight is 271 g/mol. The fourth-order valence-electron chi connectivity index (χ4n) is 1.90. The van der Waals surface area contributed by atoms with Gasteiger partial charge in [0.25, 0.3) is 0 Å². The number of hydrogen-bond donors (Lipinski definition) is 0. The van der Waals surface area contributed by atoms with E-state index in [9.17, 15) is 0 Å². The molecule has 5 heteroatoms. The van der Waals surface area contributed by atoms with Crippen molar-refractivity contribution in [1.29, 1.82) is 0 Å². The first-order chi connectivity index (χ1) is 9.66.